The van der Waals surface area contributed by atoms with Gasteiger partial charge in [-0.15, -0.1) is 0 Å². The fourth-order valence-electron chi connectivity index (χ4n) is 4.50. The molecule has 0 radical (unpaired) electrons. The van der Waals surface area contributed by atoms with E-state index in [4.69, 9.17) is 4.74 Å². The fraction of sp³-hybridized carbons (Fsp3) is 0.500. The van der Waals surface area contributed by atoms with Crippen LogP contribution in [0.15, 0.2) is 24.3 Å². The van der Waals surface area contributed by atoms with E-state index in [1.807, 2.05) is 18.4 Å². The molecule has 0 bridgehead atoms. The molecule has 1 fully saturated rings. The zero-order chi connectivity index (χ0) is 21.8. The Morgan fingerprint density at radius 2 is 1.93 bits per heavy atom. The number of aromatic nitrogens is 1. The maximum atomic E-state index is 14.3. The molecule has 1 amide bonds. The first kappa shape index (κ1) is 22.1. The largest absolute Gasteiger partial charge is 0.466 e. The van der Waals surface area contributed by atoms with Crippen LogP contribution >= 0.6 is 0 Å². The van der Waals surface area contributed by atoms with Crippen LogP contribution in [0.5, 0.6) is 0 Å². The lowest BCUT2D eigenvalue weighted by Gasteiger charge is -2.32. The molecule has 6 heteroatoms. The molecule has 0 aliphatic carbocycles. The number of likely N-dealkylation sites (tertiary alicyclic amines) is 1. The first-order chi connectivity index (χ1) is 14.4. The van der Waals surface area contributed by atoms with Crippen molar-refractivity contribution < 1.29 is 18.7 Å². The molecule has 3 rings (SSSR count). The standard InChI is InChI=1S/C24H31FN2O3/c1-5-20-16(3)22(27(17(20)4)15-18-10-7-8-12-21(18)25)23(28)26-13-9-11-19(14-26)24(29)30-6-2/h7-8,10,12,19H,5-6,9,11,13-15H2,1-4H3. The van der Waals surface area contributed by atoms with Crippen LogP contribution in [0.25, 0.3) is 0 Å². The van der Waals surface area contributed by atoms with E-state index in [1.54, 1.807) is 30.0 Å². The SMILES string of the molecule is CCOC(=O)C1CCCN(C(=O)c2c(C)c(CC)c(C)n2Cc2ccccc2F)C1. The molecule has 2 heterocycles. The van der Waals surface area contributed by atoms with Gasteiger partial charge in [0.15, 0.2) is 0 Å². The molecule has 1 aliphatic rings. The summed E-state index contributed by atoms with van der Waals surface area (Å²) in [7, 11) is 0. The molecule has 2 aromatic rings. The molecule has 1 aliphatic heterocycles. The Morgan fingerprint density at radius 3 is 2.60 bits per heavy atom. The van der Waals surface area contributed by atoms with Crippen molar-refractivity contribution in [2.24, 2.45) is 5.92 Å². The molecule has 1 aromatic carbocycles. The van der Waals surface area contributed by atoms with Crippen LogP contribution in [0, 0.1) is 25.6 Å². The number of piperidine rings is 1. The van der Waals surface area contributed by atoms with Crippen LogP contribution in [-0.2, 0) is 22.5 Å². The lowest BCUT2D eigenvalue weighted by atomic mass is 9.97. The summed E-state index contributed by atoms with van der Waals surface area (Å²) in [5.74, 6) is -0.899. The van der Waals surface area contributed by atoms with Gasteiger partial charge in [-0.2, -0.15) is 0 Å². The summed E-state index contributed by atoms with van der Waals surface area (Å²) < 4.78 is 21.4. The topological polar surface area (TPSA) is 51.5 Å². The number of ether oxygens (including phenoxy) is 1. The number of benzene rings is 1. The predicted molar refractivity (Wildman–Crippen MR) is 114 cm³/mol. The van der Waals surface area contributed by atoms with Gasteiger partial charge in [-0.1, -0.05) is 25.1 Å². The fourth-order valence-corrected chi connectivity index (χ4v) is 4.50. The van der Waals surface area contributed by atoms with Gasteiger partial charge < -0.3 is 14.2 Å². The van der Waals surface area contributed by atoms with Gasteiger partial charge >= 0.3 is 5.97 Å². The van der Waals surface area contributed by atoms with E-state index >= 15 is 0 Å². The molecule has 30 heavy (non-hydrogen) atoms. The van der Waals surface area contributed by atoms with Crippen molar-refractivity contribution in [3.63, 3.8) is 0 Å². The molecule has 0 saturated carbocycles. The second-order valence-electron chi connectivity index (χ2n) is 7.91. The minimum atomic E-state index is -0.287. The molecule has 1 aromatic heterocycles. The number of carbonyl (C=O) groups excluding carboxylic acids is 2. The van der Waals surface area contributed by atoms with Crippen molar-refractivity contribution in [1.82, 2.24) is 9.47 Å². The first-order valence-electron chi connectivity index (χ1n) is 10.8. The average molecular weight is 415 g/mol. The van der Waals surface area contributed by atoms with Crippen LogP contribution < -0.4 is 0 Å². The molecule has 0 N–H and O–H groups in total. The molecule has 162 valence electrons. The van der Waals surface area contributed by atoms with Gasteiger partial charge in [-0.05, 0) is 57.2 Å². The summed E-state index contributed by atoms with van der Waals surface area (Å²) in [6, 6.07) is 6.67. The van der Waals surface area contributed by atoms with E-state index in [2.05, 4.69) is 6.92 Å². The lowest BCUT2D eigenvalue weighted by molar-refractivity contribution is -0.149. The molecule has 0 spiro atoms. The zero-order valence-electron chi connectivity index (χ0n) is 18.3. The number of halogens is 1. The smallest absolute Gasteiger partial charge is 0.310 e. The highest BCUT2D eigenvalue weighted by Crippen LogP contribution is 2.28. The van der Waals surface area contributed by atoms with Gasteiger partial charge in [0.2, 0.25) is 0 Å². The second-order valence-corrected chi connectivity index (χ2v) is 7.91. The monoisotopic (exact) mass is 414 g/mol. The summed E-state index contributed by atoms with van der Waals surface area (Å²) in [6.07, 6.45) is 2.30. The van der Waals surface area contributed by atoms with Crippen molar-refractivity contribution in [3.05, 3.63) is 58.2 Å². The van der Waals surface area contributed by atoms with E-state index in [0.29, 0.717) is 37.5 Å². The summed E-state index contributed by atoms with van der Waals surface area (Å²) in [6.45, 7) is 9.42. The van der Waals surface area contributed by atoms with Crippen LogP contribution in [0.2, 0.25) is 0 Å². The summed E-state index contributed by atoms with van der Waals surface area (Å²) in [5.41, 5.74) is 4.19. The Morgan fingerprint density at radius 1 is 1.20 bits per heavy atom. The Kier molecular flexibility index (Phi) is 6.95. The Labute approximate surface area is 177 Å². The van der Waals surface area contributed by atoms with Gasteiger partial charge in [0.05, 0.1) is 19.1 Å². The molecule has 1 unspecified atom stereocenters. The van der Waals surface area contributed by atoms with E-state index in [0.717, 1.165) is 36.1 Å². The van der Waals surface area contributed by atoms with Crippen molar-refractivity contribution in [2.75, 3.05) is 19.7 Å². The van der Waals surface area contributed by atoms with Crippen LogP contribution in [-0.4, -0.2) is 41.0 Å². The summed E-state index contributed by atoms with van der Waals surface area (Å²) in [4.78, 5) is 27.6. The van der Waals surface area contributed by atoms with Crippen molar-refractivity contribution in [1.29, 1.82) is 0 Å². The number of esters is 1. The number of hydrogen-bond donors (Lipinski definition) is 0. The molecular formula is C24H31FN2O3. The maximum Gasteiger partial charge on any atom is 0.310 e. The quantitative estimate of drug-likeness (QED) is 0.664. The highest BCUT2D eigenvalue weighted by atomic mass is 19.1. The third-order valence-electron chi connectivity index (χ3n) is 6.09. The third kappa shape index (κ3) is 4.27. The van der Waals surface area contributed by atoms with Crippen LogP contribution in [0.4, 0.5) is 4.39 Å². The molecular weight excluding hydrogens is 383 g/mol. The highest BCUT2D eigenvalue weighted by molar-refractivity contribution is 5.95. The number of rotatable bonds is 6. The molecule has 1 atom stereocenters. The van der Waals surface area contributed by atoms with Crippen LogP contribution in [0.3, 0.4) is 0 Å². The van der Waals surface area contributed by atoms with Gasteiger partial charge in [0.1, 0.15) is 11.5 Å². The highest BCUT2D eigenvalue weighted by Gasteiger charge is 2.32. The Bertz CT molecular complexity index is 935. The zero-order valence-corrected chi connectivity index (χ0v) is 18.3. The van der Waals surface area contributed by atoms with E-state index in [9.17, 15) is 14.0 Å². The Balaban J connectivity index is 1.95. The minimum Gasteiger partial charge on any atom is -0.466 e. The summed E-state index contributed by atoms with van der Waals surface area (Å²) >= 11 is 0. The van der Waals surface area contributed by atoms with E-state index in [-0.39, 0.29) is 23.6 Å². The molecule has 1 saturated heterocycles. The Hall–Kier alpha value is -2.63. The van der Waals surface area contributed by atoms with Crippen LogP contribution in [0.1, 0.15) is 59.6 Å². The van der Waals surface area contributed by atoms with Gasteiger partial charge in [-0.3, -0.25) is 9.59 Å². The van der Waals surface area contributed by atoms with E-state index in [1.165, 1.54) is 6.07 Å². The maximum absolute atomic E-state index is 14.3. The number of carbonyl (C=O) groups is 2. The second kappa shape index (κ2) is 9.45. The minimum absolute atomic E-state index is 0.0966. The number of hydrogen-bond acceptors (Lipinski definition) is 3. The number of nitrogens with zero attached hydrogens (tertiary/aromatic N) is 2. The predicted octanol–water partition coefficient (Wildman–Crippen LogP) is 4.27. The first-order valence-corrected chi connectivity index (χ1v) is 10.8. The third-order valence-corrected chi connectivity index (χ3v) is 6.09. The van der Waals surface area contributed by atoms with Crippen molar-refractivity contribution in [2.45, 2.75) is 53.5 Å². The van der Waals surface area contributed by atoms with Crippen molar-refractivity contribution >= 4 is 11.9 Å². The normalized spacial score (nSPS) is 16.6. The lowest BCUT2D eigenvalue weighted by Crippen LogP contribution is -2.43. The van der Waals surface area contributed by atoms with Gasteiger partial charge in [0, 0.05) is 24.3 Å². The van der Waals surface area contributed by atoms with Gasteiger partial charge in [-0.25, -0.2) is 4.39 Å². The van der Waals surface area contributed by atoms with Crippen molar-refractivity contribution in [3.8, 4) is 0 Å². The van der Waals surface area contributed by atoms with E-state index < -0.39 is 0 Å². The molecule has 5 nitrogen and oxygen atoms in total. The summed E-state index contributed by atoms with van der Waals surface area (Å²) in [5, 5.41) is 0. The number of amides is 1. The average Bonchev–Trinajstić information content (AvgIpc) is 2.98. The van der Waals surface area contributed by atoms with Gasteiger partial charge in [0.25, 0.3) is 5.91 Å².